The van der Waals surface area contributed by atoms with Crippen molar-refractivity contribution in [2.45, 2.75) is 6.92 Å². The second-order valence-electron chi connectivity index (χ2n) is 5.19. The average molecular weight is 338 g/mol. The lowest BCUT2D eigenvalue weighted by molar-refractivity contribution is -0.113. The predicted molar refractivity (Wildman–Crippen MR) is 94.8 cm³/mol. The van der Waals surface area contributed by atoms with E-state index in [-0.39, 0.29) is 11.1 Å². The van der Waals surface area contributed by atoms with Crippen LogP contribution in [0.15, 0.2) is 58.4 Å². The van der Waals surface area contributed by atoms with Crippen LogP contribution in [-0.4, -0.2) is 17.0 Å². The molecule has 1 aliphatic heterocycles. The Labute approximate surface area is 143 Å². The first-order chi connectivity index (χ1) is 11.5. The van der Waals surface area contributed by atoms with E-state index in [9.17, 15) is 9.59 Å². The van der Waals surface area contributed by atoms with E-state index in [2.05, 4.69) is 4.99 Å². The molecule has 120 valence electrons. The van der Waals surface area contributed by atoms with Crippen molar-refractivity contribution in [3.8, 4) is 5.75 Å². The van der Waals surface area contributed by atoms with Crippen LogP contribution in [0.5, 0.6) is 5.75 Å². The molecule has 24 heavy (non-hydrogen) atoms. The number of rotatable bonds is 3. The number of esters is 1. The van der Waals surface area contributed by atoms with Crippen molar-refractivity contribution in [3.63, 3.8) is 0 Å². The summed E-state index contributed by atoms with van der Waals surface area (Å²) in [6, 6.07) is 14.1. The summed E-state index contributed by atoms with van der Waals surface area (Å²) < 4.78 is 5.34. The molecule has 0 radical (unpaired) electrons. The number of nitrogens with two attached hydrogens (primary N) is 1. The number of carbonyl (C=O) groups excluding carboxylic acids is 2. The first kappa shape index (κ1) is 16.0. The molecule has 5 nitrogen and oxygen atoms in total. The summed E-state index contributed by atoms with van der Waals surface area (Å²) in [7, 11) is 0. The maximum Gasteiger partial charge on any atom is 0.343 e. The smallest absolute Gasteiger partial charge is 0.343 e. The summed E-state index contributed by atoms with van der Waals surface area (Å²) in [5.74, 6) is -0.315. The summed E-state index contributed by atoms with van der Waals surface area (Å²) in [6.45, 7) is 1.91. The summed E-state index contributed by atoms with van der Waals surface area (Å²) in [6.07, 6.45) is 1.70. The number of ether oxygens (including phenoxy) is 1. The first-order valence-electron chi connectivity index (χ1n) is 7.18. The van der Waals surface area contributed by atoms with Crippen molar-refractivity contribution in [2.24, 2.45) is 10.7 Å². The third kappa shape index (κ3) is 3.72. The third-order valence-corrected chi connectivity index (χ3v) is 4.09. The lowest BCUT2D eigenvalue weighted by Crippen LogP contribution is -2.08. The normalized spacial score (nSPS) is 15.5. The number of benzene rings is 2. The van der Waals surface area contributed by atoms with Gasteiger partial charge in [0, 0.05) is 0 Å². The van der Waals surface area contributed by atoms with E-state index in [1.54, 1.807) is 42.5 Å². The second-order valence-corrected chi connectivity index (χ2v) is 6.26. The van der Waals surface area contributed by atoms with Gasteiger partial charge in [0.2, 0.25) is 0 Å². The van der Waals surface area contributed by atoms with E-state index >= 15 is 0 Å². The number of carbonyl (C=O) groups is 2. The van der Waals surface area contributed by atoms with E-state index in [4.69, 9.17) is 10.5 Å². The summed E-state index contributed by atoms with van der Waals surface area (Å²) in [4.78, 5) is 27.8. The number of hydrogen-bond acceptors (Lipinski definition) is 5. The van der Waals surface area contributed by atoms with Crippen LogP contribution in [0.2, 0.25) is 0 Å². The van der Waals surface area contributed by atoms with Crippen molar-refractivity contribution in [2.75, 3.05) is 0 Å². The highest BCUT2D eigenvalue weighted by Gasteiger charge is 2.19. The Bertz CT molecular complexity index is 870. The molecule has 1 amide bonds. The van der Waals surface area contributed by atoms with E-state index in [0.29, 0.717) is 16.2 Å². The van der Waals surface area contributed by atoms with Crippen LogP contribution >= 0.6 is 11.8 Å². The monoisotopic (exact) mass is 338 g/mol. The molecule has 1 heterocycles. The predicted octanol–water partition coefficient (Wildman–Crippen LogP) is 3.14. The zero-order chi connectivity index (χ0) is 17.1. The van der Waals surface area contributed by atoms with Crippen LogP contribution in [0.4, 0.5) is 0 Å². The molecule has 2 N–H and O–H groups in total. The SMILES string of the molecule is Cc1cccc(C(=O)Oc2ccc(/C=C3/SC(N)=NC3=O)cc2)c1. The van der Waals surface area contributed by atoms with Crippen LogP contribution in [-0.2, 0) is 4.79 Å². The van der Waals surface area contributed by atoms with Crippen molar-refractivity contribution < 1.29 is 14.3 Å². The number of amidine groups is 1. The Balaban J connectivity index is 1.70. The van der Waals surface area contributed by atoms with Crippen LogP contribution in [0.1, 0.15) is 21.5 Å². The molecule has 2 aromatic rings. The van der Waals surface area contributed by atoms with Crippen molar-refractivity contribution in [1.82, 2.24) is 0 Å². The molecule has 0 bridgehead atoms. The van der Waals surface area contributed by atoms with Gasteiger partial charge in [0.25, 0.3) is 5.91 Å². The van der Waals surface area contributed by atoms with Gasteiger partial charge in [-0.05, 0) is 54.6 Å². The van der Waals surface area contributed by atoms with Gasteiger partial charge in [-0.15, -0.1) is 0 Å². The van der Waals surface area contributed by atoms with Gasteiger partial charge in [0.15, 0.2) is 5.17 Å². The minimum Gasteiger partial charge on any atom is -0.423 e. The molecule has 2 aromatic carbocycles. The zero-order valence-corrected chi connectivity index (χ0v) is 13.7. The Morgan fingerprint density at radius 1 is 1.21 bits per heavy atom. The van der Waals surface area contributed by atoms with Gasteiger partial charge >= 0.3 is 5.97 Å². The van der Waals surface area contributed by atoms with Gasteiger partial charge in [-0.3, -0.25) is 4.79 Å². The number of hydrogen-bond donors (Lipinski definition) is 1. The quantitative estimate of drug-likeness (QED) is 0.528. The number of thioether (sulfide) groups is 1. The molecular formula is C18H14N2O3S. The second kappa shape index (κ2) is 6.72. The van der Waals surface area contributed by atoms with E-state index in [1.807, 2.05) is 19.1 Å². The molecule has 0 unspecified atom stereocenters. The Morgan fingerprint density at radius 2 is 1.96 bits per heavy atom. The number of nitrogens with zero attached hydrogens (tertiary/aromatic N) is 1. The van der Waals surface area contributed by atoms with Crippen LogP contribution in [0.3, 0.4) is 0 Å². The van der Waals surface area contributed by atoms with Gasteiger partial charge in [-0.1, -0.05) is 29.8 Å². The fraction of sp³-hybridized carbons (Fsp3) is 0.0556. The highest BCUT2D eigenvalue weighted by atomic mass is 32.2. The maximum atomic E-state index is 12.1. The highest BCUT2D eigenvalue weighted by Crippen LogP contribution is 2.27. The summed E-state index contributed by atoms with van der Waals surface area (Å²) >= 11 is 1.14. The van der Waals surface area contributed by atoms with Gasteiger partial charge in [-0.2, -0.15) is 4.99 Å². The van der Waals surface area contributed by atoms with Crippen molar-refractivity contribution in [3.05, 3.63) is 70.1 Å². The number of aryl methyl sites for hydroxylation is 1. The molecule has 0 saturated heterocycles. The lowest BCUT2D eigenvalue weighted by atomic mass is 10.1. The molecular weight excluding hydrogens is 324 g/mol. The third-order valence-electron chi connectivity index (χ3n) is 3.28. The van der Waals surface area contributed by atoms with E-state index in [0.717, 1.165) is 22.9 Å². The fourth-order valence-electron chi connectivity index (χ4n) is 2.15. The fourth-order valence-corrected chi connectivity index (χ4v) is 2.83. The van der Waals surface area contributed by atoms with E-state index in [1.165, 1.54) is 0 Å². The molecule has 0 spiro atoms. The summed E-state index contributed by atoms with van der Waals surface area (Å²) in [5.41, 5.74) is 7.80. The minimum atomic E-state index is -0.410. The zero-order valence-electron chi connectivity index (χ0n) is 12.9. The average Bonchev–Trinajstić information content (AvgIpc) is 2.87. The van der Waals surface area contributed by atoms with E-state index < -0.39 is 5.97 Å². The molecule has 0 fully saturated rings. The van der Waals surface area contributed by atoms with Crippen molar-refractivity contribution in [1.29, 1.82) is 0 Å². The molecule has 6 heteroatoms. The maximum absolute atomic E-state index is 12.1. The van der Waals surface area contributed by atoms with Gasteiger partial charge in [-0.25, -0.2) is 4.79 Å². The van der Waals surface area contributed by atoms with Gasteiger partial charge < -0.3 is 10.5 Å². The summed E-state index contributed by atoms with van der Waals surface area (Å²) in [5, 5.41) is 0.245. The standard InChI is InChI=1S/C18H14N2O3S/c1-11-3-2-4-13(9-11)17(22)23-14-7-5-12(6-8-14)10-15-16(21)20-18(19)24-15/h2-10H,1H3,(H2,19,20,21)/b15-10+. The number of aliphatic imine (C=N–C) groups is 1. The Hall–Kier alpha value is -2.86. The van der Waals surface area contributed by atoms with Gasteiger partial charge in [0.1, 0.15) is 5.75 Å². The molecule has 1 aliphatic rings. The molecule has 0 saturated carbocycles. The Morgan fingerprint density at radius 3 is 2.58 bits per heavy atom. The van der Waals surface area contributed by atoms with Gasteiger partial charge in [0.05, 0.1) is 10.5 Å². The van der Waals surface area contributed by atoms with Crippen LogP contribution in [0.25, 0.3) is 6.08 Å². The highest BCUT2D eigenvalue weighted by molar-refractivity contribution is 8.18. The van der Waals surface area contributed by atoms with Crippen LogP contribution in [0, 0.1) is 6.92 Å². The molecule has 3 rings (SSSR count). The van der Waals surface area contributed by atoms with Crippen molar-refractivity contribution >= 4 is 34.9 Å². The lowest BCUT2D eigenvalue weighted by Gasteiger charge is -2.05. The largest absolute Gasteiger partial charge is 0.423 e. The first-order valence-corrected chi connectivity index (χ1v) is 8.00. The Kier molecular flexibility index (Phi) is 4.48. The minimum absolute atomic E-state index is 0.245. The van der Waals surface area contributed by atoms with Crippen LogP contribution < -0.4 is 10.5 Å². The topological polar surface area (TPSA) is 81.8 Å². The molecule has 0 atom stereocenters. The molecule has 0 aromatic heterocycles. The molecule has 0 aliphatic carbocycles. The number of amides is 1.